The first kappa shape index (κ1) is 15.8. The van der Waals surface area contributed by atoms with Crippen molar-refractivity contribution >= 4 is 10.8 Å². The van der Waals surface area contributed by atoms with Gasteiger partial charge in [0.05, 0.1) is 0 Å². The van der Waals surface area contributed by atoms with E-state index >= 15 is 0 Å². The van der Waals surface area contributed by atoms with Crippen LogP contribution in [0.1, 0.15) is 12.8 Å². The van der Waals surface area contributed by atoms with E-state index in [4.69, 9.17) is 0 Å². The molecule has 0 radical (unpaired) electrons. The van der Waals surface area contributed by atoms with Gasteiger partial charge in [0.1, 0.15) is 0 Å². The maximum Gasteiger partial charge on any atom is 0.453 e. The molecule has 0 aromatic heterocycles. The van der Waals surface area contributed by atoms with Crippen LogP contribution < -0.4 is 5.32 Å². The van der Waals surface area contributed by atoms with Crippen molar-refractivity contribution in [2.24, 2.45) is 0 Å². The molecule has 1 N–H and O–H groups in total. The van der Waals surface area contributed by atoms with Crippen molar-refractivity contribution < 1.29 is 26.2 Å². The number of alkyl halides is 5. The molecule has 16 heavy (non-hydrogen) atoms. The van der Waals surface area contributed by atoms with E-state index in [-0.39, 0.29) is 5.75 Å². The highest BCUT2D eigenvalue weighted by Crippen LogP contribution is 2.37. The van der Waals surface area contributed by atoms with E-state index in [1.54, 1.807) is 7.05 Å². The van der Waals surface area contributed by atoms with Crippen LogP contribution >= 0.6 is 0 Å². The topological polar surface area (TPSA) is 29.1 Å². The van der Waals surface area contributed by atoms with Gasteiger partial charge in [-0.3, -0.25) is 4.21 Å². The first-order valence-corrected chi connectivity index (χ1v) is 6.13. The lowest BCUT2D eigenvalue weighted by molar-refractivity contribution is -0.282. The predicted octanol–water partition coefficient (Wildman–Crippen LogP) is 1.93. The molecule has 0 aliphatic carbocycles. The minimum Gasteiger partial charge on any atom is -0.320 e. The van der Waals surface area contributed by atoms with Crippen LogP contribution in [0.3, 0.4) is 0 Å². The Morgan fingerprint density at radius 2 is 1.69 bits per heavy atom. The first-order chi connectivity index (χ1) is 7.20. The molecule has 98 valence electrons. The Balaban J connectivity index is 3.92. The third-order valence-electron chi connectivity index (χ3n) is 1.86. The Morgan fingerprint density at radius 3 is 2.12 bits per heavy atom. The van der Waals surface area contributed by atoms with Crippen LogP contribution in [0, 0.1) is 0 Å². The summed E-state index contributed by atoms with van der Waals surface area (Å²) in [5.41, 5.74) is 0. The largest absolute Gasteiger partial charge is 0.453 e. The van der Waals surface area contributed by atoms with Crippen LogP contribution in [-0.2, 0) is 10.8 Å². The summed E-state index contributed by atoms with van der Waals surface area (Å²) < 4.78 is 71.1. The summed E-state index contributed by atoms with van der Waals surface area (Å²) in [6.07, 6.45) is -6.48. The third kappa shape index (κ3) is 5.74. The first-order valence-electron chi connectivity index (χ1n) is 4.65. The van der Waals surface area contributed by atoms with E-state index in [1.807, 2.05) is 0 Å². The summed E-state index contributed by atoms with van der Waals surface area (Å²) in [5.74, 6) is -5.24. The van der Waals surface area contributed by atoms with Crippen LogP contribution in [0.2, 0.25) is 0 Å². The molecule has 0 aromatic rings. The molecule has 0 spiro atoms. The summed E-state index contributed by atoms with van der Waals surface area (Å²) in [7, 11) is 0.0446. The number of rotatable bonds is 7. The van der Waals surface area contributed by atoms with Crippen molar-refractivity contribution in [1.29, 1.82) is 0 Å². The SMILES string of the molecule is CNCCC[S@](=O)CCC(F)(F)C(F)(F)F. The van der Waals surface area contributed by atoms with Crippen molar-refractivity contribution in [2.75, 3.05) is 25.1 Å². The molecular formula is C8H14F5NOS. The summed E-state index contributed by atoms with van der Waals surface area (Å²) in [5, 5.41) is 2.76. The van der Waals surface area contributed by atoms with Gasteiger partial charge in [0.25, 0.3) is 0 Å². The smallest absolute Gasteiger partial charge is 0.320 e. The zero-order valence-electron chi connectivity index (χ0n) is 8.74. The quantitative estimate of drug-likeness (QED) is 0.564. The van der Waals surface area contributed by atoms with Gasteiger partial charge in [0.15, 0.2) is 0 Å². The lowest BCUT2D eigenvalue weighted by Gasteiger charge is -2.18. The second-order valence-electron chi connectivity index (χ2n) is 3.26. The second kappa shape index (κ2) is 6.48. The summed E-state index contributed by atoms with van der Waals surface area (Å²) in [6.45, 7) is 0.557. The van der Waals surface area contributed by atoms with E-state index in [9.17, 15) is 26.2 Å². The monoisotopic (exact) mass is 267 g/mol. The minimum atomic E-state index is -5.55. The summed E-state index contributed by atoms with van der Waals surface area (Å²) in [4.78, 5) is 0. The molecule has 0 aliphatic rings. The molecule has 0 aromatic carbocycles. The highest BCUT2D eigenvalue weighted by atomic mass is 32.2. The number of hydrogen-bond donors (Lipinski definition) is 1. The fraction of sp³-hybridized carbons (Fsp3) is 1.00. The molecule has 0 saturated carbocycles. The molecule has 0 aliphatic heterocycles. The number of nitrogens with one attached hydrogen (secondary N) is 1. The molecule has 2 nitrogen and oxygen atoms in total. The van der Waals surface area contributed by atoms with Crippen LogP contribution in [0.5, 0.6) is 0 Å². The molecule has 0 heterocycles. The highest BCUT2D eigenvalue weighted by Gasteiger charge is 2.56. The van der Waals surface area contributed by atoms with Crippen molar-refractivity contribution in [2.45, 2.75) is 24.9 Å². The molecule has 1 atom stereocenters. The van der Waals surface area contributed by atoms with E-state index in [1.165, 1.54) is 0 Å². The molecular weight excluding hydrogens is 253 g/mol. The molecule has 0 rings (SSSR count). The number of halogens is 5. The van der Waals surface area contributed by atoms with E-state index in [0.29, 0.717) is 13.0 Å². The maximum atomic E-state index is 12.4. The van der Waals surface area contributed by atoms with Gasteiger partial charge in [0, 0.05) is 28.7 Å². The van der Waals surface area contributed by atoms with Gasteiger partial charge in [0.2, 0.25) is 0 Å². The Kier molecular flexibility index (Phi) is 6.39. The van der Waals surface area contributed by atoms with E-state index in [2.05, 4.69) is 5.32 Å². The Morgan fingerprint density at radius 1 is 1.12 bits per heavy atom. The normalized spacial score (nSPS) is 15.1. The Labute approximate surface area is 93.0 Å². The van der Waals surface area contributed by atoms with Gasteiger partial charge in [-0.05, 0) is 20.0 Å². The Bertz CT molecular complexity index is 231. The Hall–Kier alpha value is -0.240. The zero-order valence-corrected chi connectivity index (χ0v) is 9.56. The van der Waals surface area contributed by atoms with Gasteiger partial charge in [-0.2, -0.15) is 22.0 Å². The zero-order chi connectivity index (χ0) is 12.8. The lowest BCUT2D eigenvalue weighted by atomic mass is 10.2. The van der Waals surface area contributed by atoms with Crippen LogP contribution in [0.25, 0.3) is 0 Å². The van der Waals surface area contributed by atoms with E-state index < -0.39 is 35.1 Å². The van der Waals surface area contributed by atoms with Gasteiger partial charge in [-0.25, -0.2) is 0 Å². The van der Waals surface area contributed by atoms with Crippen molar-refractivity contribution in [3.63, 3.8) is 0 Å². The van der Waals surface area contributed by atoms with Crippen molar-refractivity contribution in [1.82, 2.24) is 5.32 Å². The summed E-state index contributed by atoms with van der Waals surface area (Å²) in [6, 6.07) is 0. The minimum absolute atomic E-state index is 0.134. The standard InChI is InChI=1S/C8H14F5NOS/c1-14-4-2-5-16(15)6-3-7(9,10)8(11,12)13/h14H,2-6H2,1H3/t16-/m0/s1. The van der Waals surface area contributed by atoms with E-state index in [0.717, 1.165) is 0 Å². The number of hydrogen-bond acceptors (Lipinski definition) is 2. The average molecular weight is 267 g/mol. The van der Waals surface area contributed by atoms with Gasteiger partial charge in [-0.1, -0.05) is 0 Å². The van der Waals surface area contributed by atoms with Gasteiger partial charge in [-0.15, -0.1) is 0 Å². The molecule has 0 saturated heterocycles. The van der Waals surface area contributed by atoms with Crippen molar-refractivity contribution in [3.05, 3.63) is 0 Å². The third-order valence-corrected chi connectivity index (χ3v) is 3.26. The molecule has 0 bridgehead atoms. The maximum absolute atomic E-state index is 12.4. The predicted molar refractivity (Wildman–Crippen MR) is 52.0 cm³/mol. The fourth-order valence-electron chi connectivity index (χ4n) is 0.896. The van der Waals surface area contributed by atoms with Crippen LogP contribution in [0.4, 0.5) is 22.0 Å². The van der Waals surface area contributed by atoms with Crippen LogP contribution in [0.15, 0.2) is 0 Å². The molecule has 0 amide bonds. The average Bonchev–Trinajstić information content (AvgIpc) is 2.13. The van der Waals surface area contributed by atoms with Gasteiger partial charge >= 0.3 is 12.1 Å². The summed E-state index contributed by atoms with van der Waals surface area (Å²) >= 11 is 0. The molecule has 8 heteroatoms. The second-order valence-corrected chi connectivity index (χ2v) is 4.95. The molecule has 0 fully saturated rings. The van der Waals surface area contributed by atoms with Gasteiger partial charge < -0.3 is 5.32 Å². The van der Waals surface area contributed by atoms with Crippen LogP contribution in [-0.4, -0.2) is 41.4 Å². The highest BCUT2D eigenvalue weighted by molar-refractivity contribution is 7.84. The van der Waals surface area contributed by atoms with Crippen molar-refractivity contribution in [3.8, 4) is 0 Å². The fourth-order valence-corrected chi connectivity index (χ4v) is 2.05. The lowest BCUT2D eigenvalue weighted by Crippen LogP contribution is -2.37. The molecule has 0 unspecified atom stereocenters.